The number of nitrogens with zero attached hydrogens (tertiary/aromatic N) is 2. The third-order valence-corrected chi connectivity index (χ3v) is 3.85. The van der Waals surface area contributed by atoms with E-state index in [1.807, 2.05) is 0 Å². The van der Waals surface area contributed by atoms with Gasteiger partial charge in [-0.15, -0.1) is 0 Å². The van der Waals surface area contributed by atoms with Gasteiger partial charge < -0.3 is 5.32 Å². The first-order valence-corrected chi connectivity index (χ1v) is 8.01. The quantitative estimate of drug-likeness (QED) is 0.865. The lowest BCUT2D eigenvalue weighted by Crippen LogP contribution is -2.34. The SMILES string of the molecule is CC(C)CNCc1cccc(CN2CCCC(C)C2)n1. The molecule has 0 aromatic carbocycles. The standard InChI is InChI=1S/C17H29N3/c1-14(2)10-18-11-16-7-4-8-17(19-16)13-20-9-5-6-15(3)12-20/h4,7-8,14-15,18H,5-6,9-13H2,1-3H3. The number of pyridine rings is 1. The lowest BCUT2D eigenvalue weighted by Gasteiger charge is -2.30. The lowest BCUT2D eigenvalue weighted by molar-refractivity contribution is 0.174. The Morgan fingerprint density at radius 2 is 2.15 bits per heavy atom. The van der Waals surface area contributed by atoms with Crippen molar-refractivity contribution in [3.05, 3.63) is 29.6 Å². The molecule has 1 N–H and O–H groups in total. The fourth-order valence-corrected chi connectivity index (χ4v) is 2.86. The van der Waals surface area contributed by atoms with Crippen LogP contribution in [0.25, 0.3) is 0 Å². The van der Waals surface area contributed by atoms with Gasteiger partial charge in [0.25, 0.3) is 0 Å². The van der Waals surface area contributed by atoms with Crippen LogP contribution in [0.5, 0.6) is 0 Å². The summed E-state index contributed by atoms with van der Waals surface area (Å²) < 4.78 is 0. The van der Waals surface area contributed by atoms with Gasteiger partial charge in [0.1, 0.15) is 0 Å². The van der Waals surface area contributed by atoms with Crippen molar-refractivity contribution in [3.8, 4) is 0 Å². The Labute approximate surface area is 123 Å². The second kappa shape index (κ2) is 7.75. The van der Waals surface area contributed by atoms with E-state index in [1.165, 1.54) is 31.6 Å². The molecule has 20 heavy (non-hydrogen) atoms. The molecule has 0 spiro atoms. The van der Waals surface area contributed by atoms with Crippen molar-refractivity contribution in [1.29, 1.82) is 0 Å². The van der Waals surface area contributed by atoms with Crippen LogP contribution in [-0.4, -0.2) is 29.5 Å². The summed E-state index contributed by atoms with van der Waals surface area (Å²) >= 11 is 0. The van der Waals surface area contributed by atoms with Gasteiger partial charge in [0.2, 0.25) is 0 Å². The van der Waals surface area contributed by atoms with Crippen LogP contribution in [0.2, 0.25) is 0 Å². The van der Waals surface area contributed by atoms with Crippen LogP contribution in [0.3, 0.4) is 0 Å². The van der Waals surface area contributed by atoms with Crippen LogP contribution in [-0.2, 0) is 13.1 Å². The zero-order valence-corrected chi connectivity index (χ0v) is 13.2. The highest BCUT2D eigenvalue weighted by Gasteiger charge is 2.16. The van der Waals surface area contributed by atoms with Gasteiger partial charge in [-0.05, 0) is 49.9 Å². The molecular weight excluding hydrogens is 246 g/mol. The molecule has 1 atom stereocenters. The van der Waals surface area contributed by atoms with Crippen LogP contribution in [0.4, 0.5) is 0 Å². The number of likely N-dealkylation sites (tertiary alicyclic amines) is 1. The molecule has 1 aliphatic heterocycles. The highest BCUT2D eigenvalue weighted by Crippen LogP contribution is 2.17. The van der Waals surface area contributed by atoms with Gasteiger partial charge in [0.15, 0.2) is 0 Å². The van der Waals surface area contributed by atoms with E-state index >= 15 is 0 Å². The summed E-state index contributed by atoms with van der Waals surface area (Å²) in [6.45, 7) is 12.2. The molecular formula is C17H29N3. The fourth-order valence-electron chi connectivity index (χ4n) is 2.86. The maximum Gasteiger partial charge on any atom is 0.0547 e. The topological polar surface area (TPSA) is 28.2 Å². The fraction of sp³-hybridized carbons (Fsp3) is 0.706. The van der Waals surface area contributed by atoms with Gasteiger partial charge >= 0.3 is 0 Å². The zero-order valence-electron chi connectivity index (χ0n) is 13.2. The second-order valence-corrected chi connectivity index (χ2v) is 6.63. The Morgan fingerprint density at radius 1 is 1.35 bits per heavy atom. The molecule has 2 heterocycles. The van der Waals surface area contributed by atoms with Crippen LogP contribution in [0, 0.1) is 11.8 Å². The second-order valence-electron chi connectivity index (χ2n) is 6.63. The first kappa shape index (κ1) is 15.5. The van der Waals surface area contributed by atoms with Crippen molar-refractivity contribution in [3.63, 3.8) is 0 Å². The molecule has 1 saturated heterocycles. The minimum atomic E-state index is 0.688. The molecule has 3 nitrogen and oxygen atoms in total. The van der Waals surface area contributed by atoms with E-state index in [1.54, 1.807) is 0 Å². The molecule has 0 bridgehead atoms. The highest BCUT2D eigenvalue weighted by atomic mass is 15.1. The van der Waals surface area contributed by atoms with Crippen LogP contribution in [0.1, 0.15) is 45.0 Å². The predicted octanol–water partition coefficient (Wildman–Crippen LogP) is 3.06. The molecule has 1 aliphatic rings. The molecule has 0 aliphatic carbocycles. The van der Waals surface area contributed by atoms with Crippen molar-refractivity contribution in [2.45, 2.75) is 46.7 Å². The molecule has 2 rings (SSSR count). The molecule has 3 heteroatoms. The van der Waals surface area contributed by atoms with Crippen LogP contribution < -0.4 is 5.32 Å². The number of hydrogen-bond acceptors (Lipinski definition) is 3. The zero-order chi connectivity index (χ0) is 14.4. The lowest BCUT2D eigenvalue weighted by atomic mass is 10.0. The van der Waals surface area contributed by atoms with Crippen molar-refractivity contribution in [2.24, 2.45) is 11.8 Å². The number of hydrogen-bond donors (Lipinski definition) is 1. The Balaban J connectivity index is 1.85. The third kappa shape index (κ3) is 5.22. The van der Waals surface area contributed by atoms with Gasteiger partial charge in [-0.25, -0.2) is 0 Å². The summed E-state index contributed by atoms with van der Waals surface area (Å²) in [6.07, 6.45) is 2.71. The molecule has 1 aromatic rings. The van der Waals surface area contributed by atoms with E-state index in [9.17, 15) is 0 Å². The largest absolute Gasteiger partial charge is 0.311 e. The molecule has 1 fully saturated rings. The van der Waals surface area contributed by atoms with E-state index in [0.29, 0.717) is 5.92 Å². The molecule has 112 valence electrons. The predicted molar refractivity (Wildman–Crippen MR) is 84.5 cm³/mol. The number of rotatable bonds is 6. The first-order valence-electron chi connectivity index (χ1n) is 8.01. The van der Waals surface area contributed by atoms with E-state index in [-0.39, 0.29) is 0 Å². The van der Waals surface area contributed by atoms with Crippen LogP contribution >= 0.6 is 0 Å². The average Bonchev–Trinajstić information content (AvgIpc) is 2.39. The first-order chi connectivity index (χ1) is 9.63. The van der Waals surface area contributed by atoms with Crippen molar-refractivity contribution >= 4 is 0 Å². The summed E-state index contributed by atoms with van der Waals surface area (Å²) in [6, 6.07) is 6.42. The van der Waals surface area contributed by atoms with Gasteiger partial charge in [0, 0.05) is 19.6 Å². The minimum absolute atomic E-state index is 0.688. The number of aromatic nitrogens is 1. The smallest absolute Gasteiger partial charge is 0.0547 e. The van der Waals surface area contributed by atoms with E-state index in [2.05, 4.69) is 49.2 Å². The molecule has 0 saturated carbocycles. The van der Waals surface area contributed by atoms with Gasteiger partial charge in [0.05, 0.1) is 11.4 Å². The van der Waals surface area contributed by atoms with E-state index < -0.39 is 0 Å². The highest BCUT2D eigenvalue weighted by molar-refractivity contribution is 5.11. The molecule has 0 amide bonds. The van der Waals surface area contributed by atoms with E-state index in [4.69, 9.17) is 4.98 Å². The maximum atomic E-state index is 4.78. The van der Waals surface area contributed by atoms with Gasteiger partial charge in [-0.3, -0.25) is 9.88 Å². The van der Waals surface area contributed by atoms with Crippen molar-refractivity contribution in [1.82, 2.24) is 15.2 Å². The number of nitrogens with one attached hydrogen (secondary N) is 1. The van der Waals surface area contributed by atoms with Crippen molar-refractivity contribution in [2.75, 3.05) is 19.6 Å². The molecule has 1 unspecified atom stereocenters. The normalized spacial score (nSPS) is 20.5. The summed E-state index contributed by atoms with van der Waals surface area (Å²) in [4.78, 5) is 7.33. The Morgan fingerprint density at radius 3 is 2.90 bits per heavy atom. The van der Waals surface area contributed by atoms with Crippen LogP contribution in [0.15, 0.2) is 18.2 Å². The number of piperidine rings is 1. The van der Waals surface area contributed by atoms with Gasteiger partial charge in [-0.1, -0.05) is 26.8 Å². The summed E-state index contributed by atoms with van der Waals surface area (Å²) in [5, 5.41) is 3.46. The Kier molecular flexibility index (Phi) is 5.99. The molecule has 1 aromatic heterocycles. The Hall–Kier alpha value is -0.930. The summed E-state index contributed by atoms with van der Waals surface area (Å²) in [5.41, 5.74) is 2.37. The van der Waals surface area contributed by atoms with Gasteiger partial charge in [-0.2, -0.15) is 0 Å². The summed E-state index contributed by atoms with van der Waals surface area (Å²) in [7, 11) is 0. The maximum absolute atomic E-state index is 4.78. The monoisotopic (exact) mass is 275 g/mol. The summed E-state index contributed by atoms with van der Waals surface area (Å²) in [5.74, 6) is 1.52. The third-order valence-electron chi connectivity index (χ3n) is 3.85. The average molecular weight is 275 g/mol. The minimum Gasteiger partial charge on any atom is -0.311 e. The van der Waals surface area contributed by atoms with E-state index in [0.717, 1.165) is 31.2 Å². The molecule has 0 radical (unpaired) electrons. The van der Waals surface area contributed by atoms with Crippen molar-refractivity contribution < 1.29 is 0 Å². The Bertz CT molecular complexity index is 403.